The van der Waals surface area contributed by atoms with E-state index in [9.17, 15) is 0 Å². The van der Waals surface area contributed by atoms with Gasteiger partial charge in [-0.15, -0.1) is 0 Å². The molecule has 3 aromatic heterocycles. The highest BCUT2D eigenvalue weighted by Crippen LogP contribution is 2.35. The molecule has 5 rings (SSSR count). The first-order valence-electron chi connectivity index (χ1n) is 10.1. The number of ether oxygens (including phenoxy) is 1. The summed E-state index contributed by atoms with van der Waals surface area (Å²) in [5, 5.41) is 4.45. The van der Waals surface area contributed by atoms with Crippen LogP contribution in [0.5, 0.6) is 0 Å². The number of nitrogens with zero attached hydrogens (tertiary/aromatic N) is 5. The fourth-order valence-electron chi connectivity index (χ4n) is 4.44. The molecule has 28 heavy (non-hydrogen) atoms. The van der Waals surface area contributed by atoms with Crippen LogP contribution in [0, 0.1) is 18.8 Å². The Morgan fingerprint density at radius 2 is 2.00 bits per heavy atom. The van der Waals surface area contributed by atoms with E-state index in [1.807, 2.05) is 30.0 Å². The zero-order valence-electron chi connectivity index (χ0n) is 16.4. The summed E-state index contributed by atoms with van der Waals surface area (Å²) in [4.78, 5) is 13.9. The van der Waals surface area contributed by atoms with Crippen LogP contribution in [0.25, 0.3) is 16.6 Å². The highest BCUT2D eigenvalue weighted by Gasteiger charge is 2.26. The predicted molar refractivity (Wildman–Crippen MR) is 109 cm³/mol. The van der Waals surface area contributed by atoms with E-state index in [1.54, 1.807) is 0 Å². The average molecular weight is 375 g/mol. The third-order valence-corrected chi connectivity index (χ3v) is 6.08. The van der Waals surface area contributed by atoms with Gasteiger partial charge in [0.1, 0.15) is 5.82 Å². The van der Waals surface area contributed by atoms with Gasteiger partial charge in [0, 0.05) is 48.4 Å². The zero-order chi connectivity index (χ0) is 19.1. The van der Waals surface area contributed by atoms with Crippen molar-refractivity contribution in [3.63, 3.8) is 0 Å². The maximum atomic E-state index is 5.52. The van der Waals surface area contributed by atoms with Crippen LogP contribution in [-0.2, 0) is 11.2 Å². The Morgan fingerprint density at radius 3 is 2.86 bits per heavy atom. The number of pyridine rings is 1. The number of fused-ring (bicyclic) bond motifs is 2. The van der Waals surface area contributed by atoms with E-state index in [1.165, 1.54) is 30.5 Å². The molecule has 0 N–H and O–H groups in total. The van der Waals surface area contributed by atoms with Crippen molar-refractivity contribution in [2.24, 2.45) is 16.8 Å². The Morgan fingerprint density at radius 1 is 1.14 bits per heavy atom. The van der Waals surface area contributed by atoms with Gasteiger partial charge < -0.3 is 4.74 Å². The summed E-state index contributed by atoms with van der Waals surface area (Å²) in [6.07, 6.45) is 10.3. The standard InChI is InChI=1S/C22H25N5O/c1-14-17(9-16-4-7-28-8-5-16)10-18-11-19(12-24-22(18)25-14)20-3-6-27-21(20)13-23-15(2)26-27/h3,6,11-13,16-17H,4-5,7-10H2,1-2H3/t17-/m0/s1. The Balaban J connectivity index is 1.44. The maximum absolute atomic E-state index is 5.52. The van der Waals surface area contributed by atoms with Crippen LogP contribution in [0.4, 0.5) is 5.82 Å². The molecule has 0 amide bonds. The van der Waals surface area contributed by atoms with E-state index in [-0.39, 0.29) is 0 Å². The quantitative estimate of drug-likeness (QED) is 0.689. The van der Waals surface area contributed by atoms with Gasteiger partial charge in [0.2, 0.25) is 0 Å². The van der Waals surface area contributed by atoms with Crippen molar-refractivity contribution < 1.29 is 4.74 Å². The smallest absolute Gasteiger partial charge is 0.154 e. The van der Waals surface area contributed by atoms with Gasteiger partial charge in [-0.2, -0.15) is 5.10 Å². The van der Waals surface area contributed by atoms with Crippen LogP contribution in [0.3, 0.4) is 0 Å². The first kappa shape index (κ1) is 17.5. The molecule has 0 bridgehead atoms. The second kappa shape index (κ2) is 7.09. The van der Waals surface area contributed by atoms with Gasteiger partial charge in [0.25, 0.3) is 0 Å². The van der Waals surface area contributed by atoms with Gasteiger partial charge in [-0.05, 0) is 63.1 Å². The van der Waals surface area contributed by atoms with Crippen molar-refractivity contribution >= 4 is 17.0 Å². The second-order valence-corrected chi connectivity index (χ2v) is 8.02. The molecule has 6 nitrogen and oxygen atoms in total. The highest BCUT2D eigenvalue weighted by atomic mass is 16.5. The lowest BCUT2D eigenvalue weighted by Gasteiger charge is -2.29. The van der Waals surface area contributed by atoms with E-state index in [0.29, 0.717) is 5.92 Å². The topological polar surface area (TPSA) is 64.7 Å². The van der Waals surface area contributed by atoms with E-state index >= 15 is 0 Å². The van der Waals surface area contributed by atoms with Crippen LogP contribution in [-0.4, -0.2) is 38.5 Å². The molecule has 2 aliphatic heterocycles. The molecule has 6 heteroatoms. The van der Waals surface area contributed by atoms with Crippen molar-refractivity contribution in [1.29, 1.82) is 0 Å². The molecular weight excluding hydrogens is 350 g/mol. The molecule has 0 aromatic carbocycles. The number of rotatable bonds is 3. The van der Waals surface area contributed by atoms with Gasteiger partial charge in [0.15, 0.2) is 5.82 Å². The van der Waals surface area contributed by atoms with Crippen molar-refractivity contribution in [2.75, 3.05) is 13.2 Å². The molecule has 144 valence electrons. The van der Waals surface area contributed by atoms with Crippen LogP contribution in [0.15, 0.2) is 35.7 Å². The number of hydrogen-bond donors (Lipinski definition) is 0. The highest BCUT2D eigenvalue weighted by molar-refractivity contribution is 5.89. The number of hydrogen-bond acceptors (Lipinski definition) is 5. The summed E-state index contributed by atoms with van der Waals surface area (Å²) >= 11 is 0. The SMILES string of the molecule is CC1=Nc2ncc(-c3ccn4nc(C)ncc34)cc2C[C@@H]1CC1CCOCC1. The summed E-state index contributed by atoms with van der Waals surface area (Å²) in [6, 6.07) is 4.34. The largest absolute Gasteiger partial charge is 0.381 e. The van der Waals surface area contributed by atoms with Crippen LogP contribution >= 0.6 is 0 Å². The number of aryl methyl sites for hydroxylation is 1. The Bertz CT molecular complexity index is 1050. The van der Waals surface area contributed by atoms with Crippen LogP contribution in [0.2, 0.25) is 0 Å². The normalized spacial score (nSPS) is 20.2. The van der Waals surface area contributed by atoms with E-state index in [0.717, 1.165) is 53.8 Å². The molecule has 0 radical (unpaired) electrons. The van der Waals surface area contributed by atoms with Gasteiger partial charge in [-0.25, -0.2) is 19.5 Å². The molecule has 0 aliphatic carbocycles. The fourth-order valence-corrected chi connectivity index (χ4v) is 4.44. The third-order valence-electron chi connectivity index (χ3n) is 6.08. The Labute approximate surface area is 164 Å². The van der Waals surface area contributed by atoms with E-state index in [4.69, 9.17) is 9.73 Å². The minimum Gasteiger partial charge on any atom is -0.381 e. The third kappa shape index (κ3) is 3.22. The van der Waals surface area contributed by atoms with E-state index in [2.05, 4.69) is 34.1 Å². The summed E-state index contributed by atoms with van der Waals surface area (Å²) in [5.41, 5.74) is 5.68. The van der Waals surface area contributed by atoms with Crippen molar-refractivity contribution in [1.82, 2.24) is 19.6 Å². The molecule has 0 saturated carbocycles. The summed E-state index contributed by atoms with van der Waals surface area (Å²) < 4.78 is 7.40. The van der Waals surface area contributed by atoms with Crippen LogP contribution < -0.4 is 0 Å². The molecule has 1 atom stereocenters. The van der Waals surface area contributed by atoms with Crippen molar-refractivity contribution in [3.05, 3.63) is 42.1 Å². The average Bonchev–Trinajstić information content (AvgIpc) is 3.12. The van der Waals surface area contributed by atoms with Crippen molar-refractivity contribution in [2.45, 2.75) is 39.5 Å². The lowest BCUT2D eigenvalue weighted by molar-refractivity contribution is 0.0612. The lowest BCUT2D eigenvalue weighted by atomic mass is 9.82. The molecule has 1 saturated heterocycles. The molecule has 5 heterocycles. The summed E-state index contributed by atoms with van der Waals surface area (Å²) in [7, 11) is 0. The lowest BCUT2D eigenvalue weighted by Crippen LogP contribution is -2.25. The van der Waals surface area contributed by atoms with Gasteiger partial charge in [0.05, 0.1) is 11.7 Å². The molecular formula is C22H25N5O. The zero-order valence-corrected chi connectivity index (χ0v) is 16.4. The predicted octanol–water partition coefficient (Wildman–Crippen LogP) is 4.18. The first-order valence-corrected chi connectivity index (χ1v) is 10.1. The molecule has 0 unspecified atom stereocenters. The van der Waals surface area contributed by atoms with E-state index < -0.39 is 0 Å². The summed E-state index contributed by atoms with van der Waals surface area (Å²) in [5.74, 6) is 2.89. The molecule has 1 fully saturated rings. The summed E-state index contributed by atoms with van der Waals surface area (Å²) in [6.45, 7) is 5.86. The monoisotopic (exact) mass is 375 g/mol. The second-order valence-electron chi connectivity index (χ2n) is 8.02. The van der Waals surface area contributed by atoms with Crippen molar-refractivity contribution in [3.8, 4) is 11.1 Å². The Kier molecular flexibility index (Phi) is 4.43. The minimum absolute atomic E-state index is 0.504. The van der Waals surface area contributed by atoms with Crippen LogP contribution in [0.1, 0.15) is 37.6 Å². The fraction of sp³-hybridized carbons (Fsp3) is 0.455. The number of aromatic nitrogens is 4. The van der Waals surface area contributed by atoms with Gasteiger partial charge in [-0.1, -0.05) is 0 Å². The first-order chi connectivity index (χ1) is 13.7. The van der Waals surface area contributed by atoms with Gasteiger partial charge >= 0.3 is 0 Å². The Hall–Kier alpha value is -2.60. The molecule has 2 aliphatic rings. The van der Waals surface area contributed by atoms with Gasteiger partial charge in [-0.3, -0.25) is 0 Å². The minimum atomic E-state index is 0.504. The molecule has 3 aromatic rings. The molecule has 0 spiro atoms. The number of aliphatic imine (C=N–C) groups is 1. The maximum Gasteiger partial charge on any atom is 0.154 e.